The van der Waals surface area contributed by atoms with E-state index in [9.17, 15) is 18.8 Å². The number of para-hydroxylation sites is 1. The average Bonchev–Trinajstić information content (AvgIpc) is 2.73. The Morgan fingerprint density at radius 3 is 2.41 bits per heavy atom. The number of carbonyl (C=O) groups excluding carboxylic acids is 1. The molecule has 1 atom stereocenters. The molecular formula is C21H21FN4O3. The van der Waals surface area contributed by atoms with E-state index in [0.717, 1.165) is 9.25 Å². The molecule has 0 saturated carbocycles. The maximum Gasteiger partial charge on any atom is 0.352 e. The Bertz CT molecular complexity index is 1140. The van der Waals surface area contributed by atoms with Crippen molar-refractivity contribution in [3.63, 3.8) is 0 Å². The zero-order chi connectivity index (χ0) is 21.0. The molecule has 0 aliphatic carbocycles. The fourth-order valence-corrected chi connectivity index (χ4v) is 2.96. The number of nitrogens with one attached hydrogen (secondary N) is 1. The lowest BCUT2D eigenvalue weighted by atomic mass is 10.1. The quantitative estimate of drug-likeness (QED) is 0.693. The molecule has 0 saturated heterocycles. The Kier molecular flexibility index (Phi) is 6.01. The number of aromatic nitrogens is 3. The Morgan fingerprint density at radius 2 is 1.76 bits per heavy atom. The highest BCUT2D eigenvalue weighted by molar-refractivity contribution is 5.91. The topological polar surface area (TPSA) is 86.0 Å². The molecule has 0 fully saturated rings. The predicted octanol–water partition coefficient (Wildman–Crippen LogP) is 2.28. The number of nitrogens with zero attached hydrogens (tertiary/aromatic N) is 3. The van der Waals surface area contributed by atoms with Crippen LogP contribution in [0, 0.1) is 5.82 Å². The molecule has 1 N–H and O–H groups in total. The van der Waals surface area contributed by atoms with Gasteiger partial charge in [-0.1, -0.05) is 49.4 Å². The molecule has 150 valence electrons. The lowest BCUT2D eigenvalue weighted by Crippen LogP contribution is -2.47. The van der Waals surface area contributed by atoms with E-state index < -0.39 is 34.7 Å². The highest BCUT2D eigenvalue weighted by atomic mass is 19.1. The van der Waals surface area contributed by atoms with Crippen molar-refractivity contribution in [2.24, 2.45) is 0 Å². The molecule has 0 bridgehead atoms. The summed E-state index contributed by atoms with van der Waals surface area (Å²) in [4.78, 5) is 38.6. The summed E-state index contributed by atoms with van der Waals surface area (Å²) in [6, 6.07) is 13.8. The number of halogens is 1. The molecule has 0 aliphatic heterocycles. The van der Waals surface area contributed by atoms with Crippen molar-refractivity contribution >= 4 is 5.91 Å². The van der Waals surface area contributed by atoms with Crippen LogP contribution in [0.4, 0.5) is 4.39 Å². The highest BCUT2D eigenvalue weighted by Crippen LogP contribution is 2.15. The molecule has 7 nitrogen and oxygen atoms in total. The van der Waals surface area contributed by atoms with Crippen LogP contribution in [0.15, 0.2) is 64.2 Å². The van der Waals surface area contributed by atoms with Crippen molar-refractivity contribution < 1.29 is 9.18 Å². The summed E-state index contributed by atoms with van der Waals surface area (Å²) < 4.78 is 16.0. The highest BCUT2D eigenvalue weighted by Gasteiger charge is 2.24. The molecule has 0 radical (unpaired) electrons. The molecule has 1 heterocycles. The molecule has 8 heteroatoms. The van der Waals surface area contributed by atoms with Gasteiger partial charge in [0.1, 0.15) is 11.5 Å². The third-order valence-electron chi connectivity index (χ3n) is 4.51. The number of hydrogen-bond donors (Lipinski definition) is 1. The average molecular weight is 396 g/mol. The van der Waals surface area contributed by atoms with Crippen LogP contribution in [0.3, 0.4) is 0 Å². The third kappa shape index (κ3) is 4.01. The summed E-state index contributed by atoms with van der Waals surface area (Å²) in [5.74, 6) is -1.41. The first-order valence-electron chi connectivity index (χ1n) is 9.29. The van der Waals surface area contributed by atoms with Crippen molar-refractivity contribution in [2.75, 3.05) is 6.54 Å². The number of benzene rings is 2. The smallest absolute Gasteiger partial charge is 0.350 e. The Labute approximate surface area is 166 Å². The lowest BCUT2D eigenvalue weighted by Gasteiger charge is -2.18. The van der Waals surface area contributed by atoms with Gasteiger partial charge in [-0.2, -0.15) is 9.78 Å². The second kappa shape index (κ2) is 8.64. The van der Waals surface area contributed by atoms with E-state index in [1.807, 2.05) is 13.0 Å². The number of amides is 1. The second-order valence-corrected chi connectivity index (χ2v) is 6.51. The van der Waals surface area contributed by atoms with Crippen molar-refractivity contribution in [1.82, 2.24) is 19.7 Å². The van der Waals surface area contributed by atoms with Gasteiger partial charge in [-0.05, 0) is 31.0 Å². The summed E-state index contributed by atoms with van der Waals surface area (Å²) in [5, 5.41) is 6.50. The van der Waals surface area contributed by atoms with Crippen LogP contribution in [-0.2, 0) is 0 Å². The van der Waals surface area contributed by atoms with Crippen molar-refractivity contribution in [2.45, 2.75) is 26.3 Å². The van der Waals surface area contributed by atoms with Crippen LogP contribution in [0.2, 0.25) is 0 Å². The van der Waals surface area contributed by atoms with Gasteiger partial charge in [0.15, 0.2) is 0 Å². The Morgan fingerprint density at radius 1 is 1.10 bits per heavy atom. The van der Waals surface area contributed by atoms with Gasteiger partial charge < -0.3 is 5.32 Å². The van der Waals surface area contributed by atoms with Gasteiger partial charge in [0, 0.05) is 6.54 Å². The molecule has 3 aromatic rings. The van der Waals surface area contributed by atoms with E-state index in [0.29, 0.717) is 18.5 Å². The number of hydrogen-bond acceptors (Lipinski definition) is 4. The van der Waals surface area contributed by atoms with Gasteiger partial charge in [-0.15, -0.1) is 0 Å². The summed E-state index contributed by atoms with van der Waals surface area (Å²) >= 11 is 0. The van der Waals surface area contributed by atoms with Gasteiger partial charge >= 0.3 is 5.69 Å². The first-order chi connectivity index (χ1) is 14.0. The monoisotopic (exact) mass is 396 g/mol. The summed E-state index contributed by atoms with van der Waals surface area (Å²) in [6.45, 7) is 3.87. The molecular weight excluding hydrogens is 375 g/mol. The molecule has 0 aliphatic rings. The van der Waals surface area contributed by atoms with Gasteiger partial charge in [-0.3, -0.25) is 9.59 Å². The van der Waals surface area contributed by atoms with Crippen molar-refractivity contribution in [1.29, 1.82) is 0 Å². The molecule has 0 spiro atoms. The maximum absolute atomic E-state index is 14.4. The van der Waals surface area contributed by atoms with Crippen LogP contribution in [0.25, 0.3) is 5.69 Å². The van der Waals surface area contributed by atoms with Crippen LogP contribution in [-0.4, -0.2) is 26.8 Å². The summed E-state index contributed by atoms with van der Waals surface area (Å²) in [5.41, 5.74) is -1.57. The minimum atomic E-state index is -0.830. The molecule has 1 amide bonds. The van der Waals surface area contributed by atoms with Crippen LogP contribution >= 0.6 is 0 Å². The van der Waals surface area contributed by atoms with E-state index in [-0.39, 0.29) is 5.69 Å². The fraction of sp³-hybridized carbons (Fsp3) is 0.238. The number of rotatable bonds is 6. The molecule has 2 aromatic carbocycles. The van der Waals surface area contributed by atoms with Gasteiger partial charge in [0.25, 0.3) is 11.5 Å². The van der Waals surface area contributed by atoms with E-state index in [4.69, 9.17) is 0 Å². The van der Waals surface area contributed by atoms with Gasteiger partial charge in [0.05, 0.1) is 6.04 Å². The first kappa shape index (κ1) is 20.2. The Balaban J connectivity index is 2.28. The van der Waals surface area contributed by atoms with E-state index >= 15 is 0 Å². The van der Waals surface area contributed by atoms with Gasteiger partial charge in [-0.25, -0.2) is 13.8 Å². The predicted molar refractivity (Wildman–Crippen MR) is 107 cm³/mol. The number of carbonyl (C=O) groups is 1. The first-order valence-corrected chi connectivity index (χ1v) is 9.29. The SMILES string of the molecule is CCCNC(=O)c1nn(-c2ccccc2F)c(=O)n(C(C)c2ccccc2)c1=O. The van der Waals surface area contributed by atoms with Crippen LogP contribution < -0.4 is 16.6 Å². The molecule has 1 unspecified atom stereocenters. The summed E-state index contributed by atoms with van der Waals surface area (Å²) in [6.07, 6.45) is 0.660. The molecule has 3 rings (SSSR count). The molecule has 29 heavy (non-hydrogen) atoms. The largest absolute Gasteiger partial charge is 0.352 e. The zero-order valence-corrected chi connectivity index (χ0v) is 16.1. The van der Waals surface area contributed by atoms with E-state index in [1.54, 1.807) is 37.3 Å². The minimum absolute atomic E-state index is 0.143. The standard InChI is InChI=1S/C21H21FN4O3/c1-3-13-23-19(27)18-20(28)25(14(2)15-9-5-4-6-10-15)21(29)26(24-18)17-12-8-7-11-16(17)22/h4-12,14H,3,13H2,1-2H3,(H,23,27). The van der Waals surface area contributed by atoms with Gasteiger partial charge in [0.2, 0.25) is 5.69 Å². The van der Waals surface area contributed by atoms with E-state index in [1.165, 1.54) is 18.2 Å². The van der Waals surface area contributed by atoms with Crippen molar-refractivity contribution in [3.05, 3.63) is 92.5 Å². The molecule has 1 aromatic heterocycles. The fourth-order valence-electron chi connectivity index (χ4n) is 2.96. The van der Waals surface area contributed by atoms with Crippen molar-refractivity contribution in [3.8, 4) is 5.69 Å². The van der Waals surface area contributed by atoms with Crippen LogP contribution in [0.1, 0.15) is 42.4 Å². The van der Waals surface area contributed by atoms with Crippen LogP contribution in [0.5, 0.6) is 0 Å². The zero-order valence-electron chi connectivity index (χ0n) is 16.1. The normalized spacial score (nSPS) is 11.8. The second-order valence-electron chi connectivity index (χ2n) is 6.51. The minimum Gasteiger partial charge on any atom is -0.350 e. The lowest BCUT2D eigenvalue weighted by molar-refractivity contribution is 0.0943. The Hall–Kier alpha value is -3.55. The third-order valence-corrected chi connectivity index (χ3v) is 4.51. The summed E-state index contributed by atoms with van der Waals surface area (Å²) in [7, 11) is 0. The van der Waals surface area contributed by atoms with E-state index in [2.05, 4.69) is 10.4 Å². The maximum atomic E-state index is 14.4.